The summed E-state index contributed by atoms with van der Waals surface area (Å²) in [5.41, 5.74) is 2.44. The molecular weight excluding hydrogens is 302 g/mol. The van der Waals surface area contributed by atoms with Crippen LogP contribution in [-0.2, 0) is 4.79 Å². The smallest absolute Gasteiger partial charge is 0.226 e. The van der Waals surface area contributed by atoms with Crippen LogP contribution in [0.2, 0.25) is 0 Å². The molecule has 2 nitrogen and oxygen atoms in total. The molecule has 118 valence electrons. The Morgan fingerprint density at radius 3 is 2.22 bits per heavy atom. The molecule has 2 aromatic carbocycles. The van der Waals surface area contributed by atoms with Gasteiger partial charge in [0.25, 0.3) is 0 Å². The lowest BCUT2D eigenvalue weighted by atomic mass is 9.85. The maximum absolute atomic E-state index is 12.6. The second-order valence-corrected chi connectivity index (χ2v) is 7.05. The van der Waals surface area contributed by atoms with Crippen molar-refractivity contribution in [2.24, 2.45) is 5.92 Å². The Morgan fingerprint density at radius 2 is 1.61 bits per heavy atom. The number of carbonyl (C=O) groups is 1. The molecule has 1 heterocycles. The molecule has 3 rings (SSSR count). The average molecular weight is 323 g/mol. The van der Waals surface area contributed by atoms with E-state index in [2.05, 4.69) is 42.5 Å². The number of hydrogen-bond donors (Lipinski definition) is 0. The van der Waals surface area contributed by atoms with Crippen molar-refractivity contribution in [3.8, 4) is 0 Å². The van der Waals surface area contributed by atoms with Crippen LogP contribution in [0.5, 0.6) is 0 Å². The standard InChI is InChI=1S/C20H21NOS/c1-21(2)20(22)18-14-23-19(16-11-7-4-8-12-16)13-17(18)15-9-5-3-6-10-15/h3-13,17-18H,14H2,1-2H3. The van der Waals surface area contributed by atoms with Gasteiger partial charge >= 0.3 is 0 Å². The number of nitrogens with zero attached hydrogens (tertiary/aromatic N) is 1. The van der Waals surface area contributed by atoms with Crippen LogP contribution in [0.15, 0.2) is 66.7 Å². The van der Waals surface area contributed by atoms with Gasteiger partial charge in [0.15, 0.2) is 0 Å². The van der Waals surface area contributed by atoms with Gasteiger partial charge in [-0.3, -0.25) is 4.79 Å². The molecule has 0 fully saturated rings. The highest BCUT2D eigenvalue weighted by atomic mass is 32.2. The zero-order valence-electron chi connectivity index (χ0n) is 13.5. The Labute approximate surface area is 142 Å². The molecule has 0 radical (unpaired) electrons. The van der Waals surface area contributed by atoms with E-state index in [1.807, 2.05) is 38.4 Å². The van der Waals surface area contributed by atoms with Crippen LogP contribution in [0, 0.1) is 5.92 Å². The van der Waals surface area contributed by atoms with Gasteiger partial charge in [-0.15, -0.1) is 11.8 Å². The summed E-state index contributed by atoms with van der Waals surface area (Å²) >= 11 is 1.78. The van der Waals surface area contributed by atoms with Crippen molar-refractivity contribution in [3.63, 3.8) is 0 Å². The van der Waals surface area contributed by atoms with Crippen LogP contribution < -0.4 is 0 Å². The molecule has 0 saturated heterocycles. The van der Waals surface area contributed by atoms with Crippen LogP contribution in [0.1, 0.15) is 17.0 Å². The number of benzene rings is 2. The first-order chi connectivity index (χ1) is 11.2. The van der Waals surface area contributed by atoms with E-state index >= 15 is 0 Å². The van der Waals surface area contributed by atoms with E-state index in [1.165, 1.54) is 16.0 Å². The molecule has 0 saturated carbocycles. The summed E-state index contributed by atoms with van der Waals surface area (Å²) < 4.78 is 0. The third-order valence-electron chi connectivity index (χ3n) is 4.18. The zero-order valence-corrected chi connectivity index (χ0v) is 14.3. The summed E-state index contributed by atoms with van der Waals surface area (Å²) in [5.74, 6) is 1.14. The lowest BCUT2D eigenvalue weighted by Crippen LogP contribution is -2.35. The number of thioether (sulfide) groups is 1. The molecule has 1 aliphatic rings. The number of rotatable bonds is 3. The first-order valence-corrected chi connectivity index (χ1v) is 8.81. The monoisotopic (exact) mass is 323 g/mol. The van der Waals surface area contributed by atoms with Crippen molar-refractivity contribution in [1.29, 1.82) is 0 Å². The van der Waals surface area contributed by atoms with E-state index in [9.17, 15) is 4.79 Å². The predicted octanol–water partition coefficient (Wildman–Crippen LogP) is 4.26. The number of hydrogen-bond acceptors (Lipinski definition) is 2. The highest BCUT2D eigenvalue weighted by Crippen LogP contribution is 2.42. The van der Waals surface area contributed by atoms with Crippen molar-refractivity contribution in [2.45, 2.75) is 5.92 Å². The number of allylic oxidation sites excluding steroid dienone is 1. The molecule has 2 atom stereocenters. The minimum Gasteiger partial charge on any atom is -0.349 e. The Kier molecular flexibility index (Phi) is 4.87. The molecule has 0 N–H and O–H groups in total. The second kappa shape index (κ2) is 7.05. The molecular formula is C20H21NOS. The van der Waals surface area contributed by atoms with Gasteiger partial charge < -0.3 is 4.90 Å². The average Bonchev–Trinajstić information content (AvgIpc) is 2.62. The van der Waals surface area contributed by atoms with E-state index in [0.717, 1.165) is 5.75 Å². The van der Waals surface area contributed by atoms with Crippen molar-refractivity contribution in [3.05, 3.63) is 77.9 Å². The number of carbonyl (C=O) groups excluding carboxylic acids is 1. The van der Waals surface area contributed by atoms with E-state index in [0.29, 0.717) is 0 Å². The highest BCUT2D eigenvalue weighted by molar-refractivity contribution is 8.08. The van der Waals surface area contributed by atoms with E-state index < -0.39 is 0 Å². The van der Waals surface area contributed by atoms with E-state index in [-0.39, 0.29) is 17.7 Å². The Bertz CT molecular complexity index is 694. The summed E-state index contributed by atoms with van der Waals surface area (Å²) in [6.07, 6.45) is 2.27. The summed E-state index contributed by atoms with van der Waals surface area (Å²) in [7, 11) is 3.68. The first kappa shape index (κ1) is 15.9. The van der Waals surface area contributed by atoms with Crippen molar-refractivity contribution >= 4 is 22.6 Å². The second-order valence-electron chi connectivity index (χ2n) is 5.98. The molecule has 2 aromatic rings. The van der Waals surface area contributed by atoms with Crippen molar-refractivity contribution < 1.29 is 4.79 Å². The van der Waals surface area contributed by atoms with E-state index in [1.54, 1.807) is 16.7 Å². The minimum absolute atomic E-state index is 0.00939. The molecule has 0 bridgehead atoms. The van der Waals surface area contributed by atoms with Gasteiger partial charge in [-0.1, -0.05) is 66.7 Å². The van der Waals surface area contributed by atoms with Crippen LogP contribution in [-0.4, -0.2) is 30.7 Å². The van der Waals surface area contributed by atoms with Gasteiger partial charge in [0.2, 0.25) is 5.91 Å². The molecule has 0 aliphatic carbocycles. The maximum atomic E-state index is 12.6. The molecule has 0 aromatic heterocycles. The van der Waals surface area contributed by atoms with E-state index in [4.69, 9.17) is 0 Å². The fraction of sp³-hybridized carbons (Fsp3) is 0.250. The fourth-order valence-corrected chi connectivity index (χ4v) is 4.21. The van der Waals surface area contributed by atoms with Crippen LogP contribution in [0.4, 0.5) is 0 Å². The van der Waals surface area contributed by atoms with Crippen LogP contribution >= 0.6 is 11.8 Å². The summed E-state index contributed by atoms with van der Waals surface area (Å²) in [5, 5.41) is 0. The predicted molar refractivity (Wildman–Crippen MR) is 98.2 cm³/mol. The molecule has 1 aliphatic heterocycles. The summed E-state index contributed by atoms with van der Waals surface area (Å²) in [6.45, 7) is 0. The molecule has 1 amide bonds. The van der Waals surface area contributed by atoms with Crippen LogP contribution in [0.25, 0.3) is 4.91 Å². The topological polar surface area (TPSA) is 20.3 Å². The lowest BCUT2D eigenvalue weighted by molar-refractivity contribution is -0.132. The van der Waals surface area contributed by atoms with Gasteiger partial charge in [-0.25, -0.2) is 0 Å². The van der Waals surface area contributed by atoms with Gasteiger partial charge in [-0.2, -0.15) is 0 Å². The normalized spacial score (nSPS) is 20.7. The third kappa shape index (κ3) is 3.50. The van der Waals surface area contributed by atoms with Gasteiger partial charge in [0.05, 0.1) is 5.92 Å². The fourth-order valence-electron chi connectivity index (χ4n) is 2.95. The van der Waals surface area contributed by atoms with Gasteiger partial charge in [0.1, 0.15) is 0 Å². The summed E-state index contributed by atoms with van der Waals surface area (Å²) in [6, 6.07) is 20.8. The molecule has 23 heavy (non-hydrogen) atoms. The maximum Gasteiger partial charge on any atom is 0.226 e. The van der Waals surface area contributed by atoms with Crippen LogP contribution in [0.3, 0.4) is 0 Å². The summed E-state index contributed by atoms with van der Waals surface area (Å²) in [4.78, 5) is 15.6. The Morgan fingerprint density at radius 1 is 1.00 bits per heavy atom. The van der Waals surface area contributed by atoms with Gasteiger partial charge in [0, 0.05) is 30.7 Å². The van der Waals surface area contributed by atoms with Gasteiger partial charge in [-0.05, 0) is 11.1 Å². The number of amides is 1. The minimum atomic E-state index is -0.00939. The Balaban J connectivity index is 2.00. The lowest BCUT2D eigenvalue weighted by Gasteiger charge is -2.31. The third-order valence-corrected chi connectivity index (χ3v) is 5.39. The van der Waals surface area contributed by atoms with Crippen molar-refractivity contribution in [1.82, 2.24) is 4.90 Å². The Hall–Kier alpha value is -2.00. The zero-order chi connectivity index (χ0) is 16.2. The van der Waals surface area contributed by atoms with Crippen molar-refractivity contribution in [2.75, 3.05) is 19.8 Å². The molecule has 0 spiro atoms. The quantitative estimate of drug-likeness (QED) is 0.841. The largest absolute Gasteiger partial charge is 0.349 e. The highest BCUT2D eigenvalue weighted by Gasteiger charge is 2.33. The SMILES string of the molecule is CN(C)C(=O)C1CSC(c2ccccc2)=CC1c1ccccc1. The molecule has 2 unspecified atom stereocenters. The first-order valence-electron chi connectivity index (χ1n) is 7.83. The molecule has 3 heteroatoms.